The van der Waals surface area contributed by atoms with Crippen molar-refractivity contribution in [2.24, 2.45) is 0 Å². The van der Waals surface area contributed by atoms with Crippen molar-refractivity contribution in [1.29, 1.82) is 0 Å². The second kappa shape index (κ2) is 4.42. The van der Waals surface area contributed by atoms with Gasteiger partial charge in [-0.2, -0.15) is 0 Å². The Morgan fingerprint density at radius 3 is 2.81 bits per heavy atom. The normalized spacial score (nSPS) is 13.7. The van der Waals surface area contributed by atoms with Gasteiger partial charge in [-0.3, -0.25) is 14.8 Å². The predicted molar refractivity (Wildman–Crippen MR) is 63.0 cm³/mol. The van der Waals surface area contributed by atoms with Gasteiger partial charge in [-0.05, 0) is 6.42 Å². The molecule has 0 fully saturated rings. The van der Waals surface area contributed by atoms with Gasteiger partial charge in [0.25, 0.3) is 5.56 Å². The van der Waals surface area contributed by atoms with Crippen LogP contribution in [0.15, 0.2) is 9.59 Å². The van der Waals surface area contributed by atoms with Gasteiger partial charge in [-0.25, -0.2) is 4.79 Å². The quantitative estimate of drug-likeness (QED) is 0.648. The summed E-state index contributed by atoms with van der Waals surface area (Å²) >= 11 is 0. The first-order valence-corrected chi connectivity index (χ1v) is 5.57. The van der Waals surface area contributed by atoms with Crippen molar-refractivity contribution in [3.05, 3.63) is 20.8 Å². The van der Waals surface area contributed by atoms with E-state index >= 15 is 0 Å². The number of rotatable bonds is 4. The summed E-state index contributed by atoms with van der Waals surface area (Å²) in [4.78, 5) is 29.5. The number of H-pyrrole nitrogens is 2. The molecule has 0 saturated heterocycles. The molecule has 0 unspecified atom stereocenters. The predicted octanol–water partition coefficient (Wildman–Crippen LogP) is 0.443. The molecule has 0 aliphatic carbocycles. The zero-order valence-electron chi connectivity index (χ0n) is 9.30. The van der Waals surface area contributed by atoms with Gasteiger partial charge in [0.1, 0.15) is 11.5 Å². The maximum atomic E-state index is 11.4. The third-order valence-electron chi connectivity index (χ3n) is 2.72. The highest BCUT2D eigenvalue weighted by molar-refractivity contribution is 5.69. The topological polar surface area (TPSA) is 81.0 Å². The number of aromatic nitrogens is 2. The second-order valence-corrected chi connectivity index (χ2v) is 3.94. The van der Waals surface area contributed by atoms with E-state index in [0.29, 0.717) is 18.2 Å². The SMILES string of the molecule is CCCCCN1CNc2c1[nH]c(=O)[nH]c2=O. The minimum absolute atomic E-state index is 0.350. The molecule has 0 amide bonds. The van der Waals surface area contributed by atoms with Crippen LogP contribution in [-0.4, -0.2) is 23.2 Å². The zero-order valence-corrected chi connectivity index (χ0v) is 9.30. The van der Waals surface area contributed by atoms with Crippen molar-refractivity contribution in [3.63, 3.8) is 0 Å². The number of hydrogen-bond donors (Lipinski definition) is 3. The molecular formula is C10H16N4O2. The van der Waals surface area contributed by atoms with Crippen LogP contribution in [0.25, 0.3) is 0 Å². The summed E-state index contributed by atoms with van der Waals surface area (Å²) in [6.45, 7) is 3.58. The van der Waals surface area contributed by atoms with Gasteiger partial charge < -0.3 is 10.2 Å². The summed E-state index contributed by atoms with van der Waals surface area (Å²) in [6.07, 6.45) is 3.37. The first-order valence-electron chi connectivity index (χ1n) is 5.57. The van der Waals surface area contributed by atoms with E-state index in [9.17, 15) is 9.59 Å². The number of anilines is 2. The van der Waals surface area contributed by atoms with Crippen LogP contribution in [0.5, 0.6) is 0 Å². The molecule has 1 aliphatic heterocycles. The molecule has 88 valence electrons. The Balaban J connectivity index is 2.19. The number of nitrogens with one attached hydrogen (secondary N) is 3. The molecule has 1 aromatic heterocycles. The maximum absolute atomic E-state index is 11.4. The summed E-state index contributed by atoms with van der Waals surface area (Å²) < 4.78 is 0. The van der Waals surface area contributed by atoms with Crippen LogP contribution in [0.1, 0.15) is 26.2 Å². The average Bonchev–Trinajstić information content (AvgIpc) is 2.62. The second-order valence-electron chi connectivity index (χ2n) is 3.94. The fraction of sp³-hybridized carbons (Fsp3) is 0.600. The molecule has 0 spiro atoms. The smallest absolute Gasteiger partial charge is 0.327 e. The lowest BCUT2D eigenvalue weighted by molar-refractivity contribution is 0.690. The molecule has 3 N–H and O–H groups in total. The summed E-state index contributed by atoms with van der Waals surface area (Å²) in [6, 6.07) is 0. The van der Waals surface area contributed by atoms with E-state index < -0.39 is 5.69 Å². The molecule has 1 aromatic rings. The van der Waals surface area contributed by atoms with Crippen LogP contribution in [0.3, 0.4) is 0 Å². The Bertz CT molecular complexity index is 476. The molecule has 0 saturated carbocycles. The molecule has 0 bridgehead atoms. The number of nitrogens with zero attached hydrogens (tertiary/aromatic N) is 1. The maximum Gasteiger partial charge on any atom is 0.327 e. The van der Waals surface area contributed by atoms with Crippen LogP contribution in [0, 0.1) is 0 Å². The van der Waals surface area contributed by atoms with E-state index in [-0.39, 0.29) is 5.56 Å². The van der Waals surface area contributed by atoms with Crippen LogP contribution < -0.4 is 21.5 Å². The number of aromatic amines is 2. The van der Waals surface area contributed by atoms with E-state index in [1.54, 1.807) is 0 Å². The molecule has 0 radical (unpaired) electrons. The molecule has 6 heteroatoms. The Labute approximate surface area is 92.7 Å². The molecule has 2 heterocycles. The Hall–Kier alpha value is -1.72. The third kappa shape index (κ3) is 1.95. The minimum Gasteiger partial charge on any atom is -0.360 e. The van der Waals surface area contributed by atoms with Crippen LogP contribution in [-0.2, 0) is 0 Å². The van der Waals surface area contributed by atoms with Crippen LogP contribution in [0.4, 0.5) is 11.5 Å². The highest BCUT2D eigenvalue weighted by Crippen LogP contribution is 2.23. The standard InChI is InChI=1S/C10H16N4O2/c1-2-3-4-5-14-6-11-7-8(14)12-10(16)13-9(7)15/h11H,2-6H2,1H3,(H2,12,13,15,16). The zero-order chi connectivity index (χ0) is 11.5. The number of fused-ring (bicyclic) bond motifs is 1. The van der Waals surface area contributed by atoms with E-state index in [1.165, 1.54) is 0 Å². The van der Waals surface area contributed by atoms with E-state index in [1.807, 2.05) is 4.90 Å². The van der Waals surface area contributed by atoms with Gasteiger partial charge in [0, 0.05) is 6.54 Å². The van der Waals surface area contributed by atoms with Crippen molar-refractivity contribution in [1.82, 2.24) is 9.97 Å². The fourth-order valence-electron chi connectivity index (χ4n) is 1.87. The summed E-state index contributed by atoms with van der Waals surface area (Å²) in [5, 5.41) is 2.98. The Morgan fingerprint density at radius 2 is 2.06 bits per heavy atom. The minimum atomic E-state index is -0.451. The summed E-state index contributed by atoms with van der Waals surface area (Å²) in [7, 11) is 0. The summed E-state index contributed by atoms with van der Waals surface area (Å²) in [5.41, 5.74) is -0.333. The first kappa shape index (κ1) is 10.8. The van der Waals surface area contributed by atoms with E-state index in [2.05, 4.69) is 22.2 Å². The van der Waals surface area contributed by atoms with Gasteiger partial charge in [0.15, 0.2) is 0 Å². The van der Waals surface area contributed by atoms with Crippen molar-refractivity contribution in [3.8, 4) is 0 Å². The van der Waals surface area contributed by atoms with Crippen molar-refractivity contribution >= 4 is 11.5 Å². The highest BCUT2D eigenvalue weighted by Gasteiger charge is 2.21. The molecule has 1 aliphatic rings. The molecule has 6 nitrogen and oxygen atoms in total. The van der Waals surface area contributed by atoms with Gasteiger partial charge in [0.2, 0.25) is 0 Å². The lowest BCUT2D eigenvalue weighted by Crippen LogP contribution is -2.27. The van der Waals surface area contributed by atoms with E-state index in [0.717, 1.165) is 25.8 Å². The van der Waals surface area contributed by atoms with Gasteiger partial charge >= 0.3 is 5.69 Å². The van der Waals surface area contributed by atoms with Gasteiger partial charge in [0.05, 0.1) is 6.67 Å². The molecular weight excluding hydrogens is 208 g/mol. The third-order valence-corrected chi connectivity index (χ3v) is 2.72. The van der Waals surface area contributed by atoms with Gasteiger partial charge in [-0.15, -0.1) is 0 Å². The highest BCUT2D eigenvalue weighted by atomic mass is 16.2. The Kier molecular flexibility index (Phi) is 2.98. The van der Waals surface area contributed by atoms with Crippen LogP contribution >= 0.6 is 0 Å². The van der Waals surface area contributed by atoms with E-state index in [4.69, 9.17) is 0 Å². The molecule has 16 heavy (non-hydrogen) atoms. The lowest BCUT2D eigenvalue weighted by Gasteiger charge is -2.16. The van der Waals surface area contributed by atoms with Gasteiger partial charge in [-0.1, -0.05) is 19.8 Å². The van der Waals surface area contributed by atoms with Crippen molar-refractivity contribution < 1.29 is 0 Å². The Morgan fingerprint density at radius 1 is 1.25 bits per heavy atom. The lowest BCUT2D eigenvalue weighted by atomic mass is 10.2. The first-order chi connectivity index (χ1) is 7.72. The largest absolute Gasteiger partial charge is 0.360 e. The van der Waals surface area contributed by atoms with Crippen LogP contribution in [0.2, 0.25) is 0 Å². The van der Waals surface area contributed by atoms with Crippen molar-refractivity contribution in [2.45, 2.75) is 26.2 Å². The number of unbranched alkanes of at least 4 members (excludes halogenated alkanes) is 2. The monoisotopic (exact) mass is 224 g/mol. The summed E-state index contributed by atoms with van der Waals surface area (Å²) in [5.74, 6) is 0.616. The molecule has 0 atom stereocenters. The van der Waals surface area contributed by atoms with Crippen molar-refractivity contribution in [2.75, 3.05) is 23.4 Å². The fourth-order valence-corrected chi connectivity index (χ4v) is 1.87. The number of hydrogen-bond acceptors (Lipinski definition) is 4. The molecule has 2 rings (SSSR count). The average molecular weight is 224 g/mol. The molecule has 0 aromatic carbocycles.